The molecule has 0 aliphatic carbocycles. The average Bonchev–Trinajstić information content (AvgIpc) is 2.80. The van der Waals surface area contributed by atoms with Crippen LogP contribution in [0.2, 0.25) is 0 Å². The average molecular weight is 443 g/mol. The largest absolute Gasteiger partial charge is 0.332 e. The first-order valence-corrected chi connectivity index (χ1v) is 11.1. The second kappa shape index (κ2) is 8.90. The first kappa shape index (κ1) is 22.3. The van der Waals surface area contributed by atoms with Gasteiger partial charge in [0.05, 0.1) is 11.1 Å². The number of rotatable bonds is 5. The van der Waals surface area contributed by atoms with Gasteiger partial charge in [-0.05, 0) is 63.1 Å². The number of nitrogens with zero attached hydrogens (tertiary/aromatic N) is 3. The van der Waals surface area contributed by atoms with E-state index in [1.807, 2.05) is 99.0 Å². The normalized spacial score (nSPS) is 11.4. The van der Waals surface area contributed by atoms with Crippen LogP contribution in [-0.2, 0) is 0 Å². The number of carbonyl (C=O) groups excluding carboxylic acids is 1. The molecule has 2 aromatic carbocycles. The molecule has 0 radical (unpaired) electrons. The Morgan fingerprint density at radius 3 is 2.33 bits per heavy atom. The molecule has 170 valence electrons. The number of hydrogen-bond donors (Lipinski definition) is 1. The van der Waals surface area contributed by atoms with Gasteiger partial charge in [0.1, 0.15) is 11.5 Å². The minimum Gasteiger partial charge on any atom is -0.332 e. The SMILES string of the molecule is CCC(C)(C)NC(=O)N(c1ccccc1)c1cc(=O)c2c(C)ccnc2n1-c1ccccc1.[HH]. The zero-order chi connectivity index (χ0) is 23.6. The summed E-state index contributed by atoms with van der Waals surface area (Å²) in [6, 6.07) is 22.0. The van der Waals surface area contributed by atoms with E-state index in [4.69, 9.17) is 0 Å². The monoisotopic (exact) mass is 442 g/mol. The predicted molar refractivity (Wildman–Crippen MR) is 136 cm³/mol. The number of aryl methyl sites for hydroxylation is 1. The Morgan fingerprint density at radius 2 is 1.70 bits per heavy atom. The molecule has 2 heterocycles. The molecule has 6 heteroatoms. The first-order chi connectivity index (χ1) is 15.8. The highest BCUT2D eigenvalue weighted by molar-refractivity contribution is 6.00. The van der Waals surface area contributed by atoms with E-state index in [0.717, 1.165) is 17.7 Å². The standard InChI is InChI=1S/C27H28N4O2.H2/c1-5-27(3,4)29-26(33)31(21-14-10-7-11-15-21)23-18-22(32)24-19(2)16-17-28-25(24)30(23)20-12-8-6-9-13-20;/h6-18H,5H2,1-4H3,(H,29,33);1H. The summed E-state index contributed by atoms with van der Waals surface area (Å²) in [5.41, 5.74) is 2.20. The van der Waals surface area contributed by atoms with Crippen molar-refractivity contribution in [3.05, 3.63) is 94.8 Å². The van der Waals surface area contributed by atoms with Gasteiger partial charge in [-0.2, -0.15) is 0 Å². The molecule has 0 bridgehead atoms. The summed E-state index contributed by atoms with van der Waals surface area (Å²) in [7, 11) is 0. The van der Waals surface area contributed by atoms with Gasteiger partial charge < -0.3 is 5.32 Å². The van der Waals surface area contributed by atoms with E-state index in [9.17, 15) is 9.59 Å². The molecule has 4 aromatic rings. The number of benzene rings is 2. The Hall–Kier alpha value is -3.93. The molecule has 33 heavy (non-hydrogen) atoms. The molecular weight excluding hydrogens is 412 g/mol. The van der Waals surface area contributed by atoms with Crippen LogP contribution in [0, 0.1) is 6.92 Å². The first-order valence-electron chi connectivity index (χ1n) is 11.1. The Bertz CT molecular complexity index is 1350. The molecule has 4 rings (SSSR count). The van der Waals surface area contributed by atoms with Crippen LogP contribution in [0.4, 0.5) is 16.3 Å². The van der Waals surface area contributed by atoms with Gasteiger partial charge in [0, 0.05) is 24.9 Å². The lowest BCUT2D eigenvalue weighted by atomic mass is 10.0. The molecule has 0 saturated carbocycles. The third-order valence-corrected chi connectivity index (χ3v) is 5.88. The fourth-order valence-electron chi connectivity index (χ4n) is 3.74. The smallest absolute Gasteiger partial charge is 0.328 e. The fraction of sp³-hybridized carbons (Fsp3) is 0.222. The van der Waals surface area contributed by atoms with E-state index in [1.54, 1.807) is 11.1 Å². The topological polar surface area (TPSA) is 67.2 Å². The lowest BCUT2D eigenvalue weighted by Gasteiger charge is -2.32. The molecule has 6 nitrogen and oxygen atoms in total. The van der Waals surface area contributed by atoms with E-state index in [0.29, 0.717) is 22.5 Å². The van der Waals surface area contributed by atoms with Crippen molar-refractivity contribution in [1.29, 1.82) is 0 Å². The molecule has 0 fully saturated rings. The molecule has 0 saturated heterocycles. The number of urea groups is 1. The molecule has 0 atom stereocenters. The fourth-order valence-corrected chi connectivity index (χ4v) is 3.74. The van der Waals surface area contributed by atoms with Gasteiger partial charge in [-0.1, -0.05) is 43.3 Å². The van der Waals surface area contributed by atoms with Crippen molar-refractivity contribution >= 4 is 28.6 Å². The molecule has 1 N–H and O–H groups in total. The second-order valence-electron chi connectivity index (χ2n) is 8.70. The van der Waals surface area contributed by atoms with Crippen LogP contribution in [0.15, 0.2) is 83.8 Å². The number of aromatic nitrogens is 2. The van der Waals surface area contributed by atoms with E-state index in [1.165, 1.54) is 6.07 Å². The summed E-state index contributed by atoms with van der Waals surface area (Å²) in [6.07, 6.45) is 2.44. The summed E-state index contributed by atoms with van der Waals surface area (Å²) < 4.78 is 1.87. The highest BCUT2D eigenvalue weighted by Crippen LogP contribution is 2.31. The van der Waals surface area contributed by atoms with Crippen molar-refractivity contribution in [1.82, 2.24) is 14.9 Å². The van der Waals surface area contributed by atoms with Crippen LogP contribution < -0.4 is 15.6 Å². The van der Waals surface area contributed by atoms with Crippen LogP contribution in [-0.4, -0.2) is 21.1 Å². The molecule has 2 amide bonds. The van der Waals surface area contributed by atoms with E-state index < -0.39 is 5.54 Å². The van der Waals surface area contributed by atoms with Crippen LogP contribution in [0.3, 0.4) is 0 Å². The minimum atomic E-state index is -0.423. The molecule has 2 aromatic heterocycles. The third-order valence-electron chi connectivity index (χ3n) is 5.88. The van der Waals surface area contributed by atoms with Crippen molar-refractivity contribution in [3.63, 3.8) is 0 Å². The van der Waals surface area contributed by atoms with Crippen LogP contribution in [0.25, 0.3) is 16.7 Å². The maximum Gasteiger partial charge on any atom is 0.328 e. The number of pyridine rings is 2. The molecule has 0 unspecified atom stereocenters. The van der Waals surface area contributed by atoms with Gasteiger partial charge in [-0.15, -0.1) is 0 Å². The van der Waals surface area contributed by atoms with Crippen molar-refractivity contribution in [2.75, 3.05) is 4.90 Å². The number of hydrogen-bond acceptors (Lipinski definition) is 3. The van der Waals surface area contributed by atoms with Crippen molar-refractivity contribution in [2.45, 2.75) is 39.7 Å². The second-order valence-corrected chi connectivity index (χ2v) is 8.70. The third kappa shape index (κ3) is 4.37. The van der Waals surface area contributed by atoms with Gasteiger partial charge in [-0.3, -0.25) is 9.36 Å². The van der Waals surface area contributed by atoms with E-state index >= 15 is 0 Å². The van der Waals surface area contributed by atoms with Crippen molar-refractivity contribution < 1.29 is 6.22 Å². The summed E-state index contributed by atoms with van der Waals surface area (Å²) in [4.78, 5) is 33.1. The maximum absolute atomic E-state index is 13.7. The zero-order valence-corrected chi connectivity index (χ0v) is 19.4. The number of anilines is 2. The highest BCUT2D eigenvalue weighted by atomic mass is 16.2. The number of amides is 2. The van der Waals surface area contributed by atoms with E-state index in [2.05, 4.69) is 10.3 Å². The number of nitrogens with one attached hydrogen (secondary N) is 1. The number of para-hydroxylation sites is 2. The Balaban J connectivity index is 0.00000324. The lowest BCUT2D eigenvalue weighted by molar-refractivity contribution is 0.236. The molecular formula is C27H30N4O2. The summed E-state index contributed by atoms with van der Waals surface area (Å²) in [6.45, 7) is 7.87. The summed E-state index contributed by atoms with van der Waals surface area (Å²) in [5.74, 6) is 0.424. The Morgan fingerprint density at radius 1 is 1.06 bits per heavy atom. The van der Waals surface area contributed by atoms with Gasteiger partial charge in [0.25, 0.3) is 0 Å². The van der Waals surface area contributed by atoms with Crippen LogP contribution in [0.5, 0.6) is 0 Å². The van der Waals surface area contributed by atoms with Gasteiger partial charge >= 0.3 is 6.03 Å². The van der Waals surface area contributed by atoms with Crippen LogP contribution in [0.1, 0.15) is 34.2 Å². The summed E-state index contributed by atoms with van der Waals surface area (Å²) in [5, 5.41) is 3.65. The van der Waals surface area contributed by atoms with Crippen molar-refractivity contribution in [2.24, 2.45) is 0 Å². The highest BCUT2D eigenvalue weighted by Gasteiger charge is 2.28. The van der Waals surface area contributed by atoms with Gasteiger partial charge in [-0.25, -0.2) is 14.7 Å². The minimum absolute atomic E-state index is 0. The van der Waals surface area contributed by atoms with Crippen LogP contribution >= 0.6 is 0 Å². The molecule has 0 spiro atoms. The van der Waals surface area contributed by atoms with E-state index in [-0.39, 0.29) is 12.9 Å². The zero-order valence-electron chi connectivity index (χ0n) is 19.4. The molecule has 0 aliphatic rings. The summed E-state index contributed by atoms with van der Waals surface area (Å²) >= 11 is 0. The molecule has 0 aliphatic heterocycles. The van der Waals surface area contributed by atoms with Crippen molar-refractivity contribution in [3.8, 4) is 5.69 Å². The van der Waals surface area contributed by atoms with Gasteiger partial charge in [0.15, 0.2) is 5.43 Å². The lowest BCUT2D eigenvalue weighted by Crippen LogP contribution is -2.49. The van der Waals surface area contributed by atoms with Gasteiger partial charge in [0.2, 0.25) is 0 Å². The maximum atomic E-state index is 13.7. The Kier molecular flexibility index (Phi) is 6.01. The Labute approximate surface area is 195 Å². The predicted octanol–water partition coefficient (Wildman–Crippen LogP) is 5.98. The number of fused-ring (bicyclic) bond motifs is 1. The number of carbonyl (C=O) groups is 1. The quantitative estimate of drug-likeness (QED) is 0.414.